The Morgan fingerprint density at radius 3 is 2.52 bits per heavy atom. The second-order valence-corrected chi connectivity index (χ2v) is 6.70. The van der Waals surface area contributed by atoms with Gasteiger partial charge in [-0.15, -0.1) is 0 Å². The molecule has 0 radical (unpaired) electrons. The van der Waals surface area contributed by atoms with Crippen LogP contribution in [0.3, 0.4) is 0 Å². The molecule has 0 aliphatic rings. The minimum Gasteiger partial charge on any atom is -0.493 e. The largest absolute Gasteiger partial charge is 0.493 e. The fourth-order valence-electron chi connectivity index (χ4n) is 2.62. The lowest BCUT2D eigenvalue weighted by Gasteiger charge is -2.12. The van der Waals surface area contributed by atoms with Crippen LogP contribution >= 0.6 is 0 Å². The van der Waals surface area contributed by atoms with Crippen molar-refractivity contribution in [2.45, 2.75) is 39.5 Å². The van der Waals surface area contributed by atoms with Crippen LogP contribution in [0, 0.1) is 0 Å². The topological polar surface area (TPSA) is 64.6 Å². The summed E-state index contributed by atoms with van der Waals surface area (Å²) in [5.41, 5.74) is 2.58. The summed E-state index contributed by atoms with van der Waals surface area (Å²) in [7, 11) is 1.53. The monoisotopic (exact) mass is 369 g/mol. The van der Waals surface area contributed by atoms with E-state index < -0.39 is 0 Å². The van der Waals surface area contributed by atoms with Gasteiger partial charge in [0.15, 0.2) is 17.3 Å². The average molecular weight is 369 g/mol. The Morgan fingerprint density at radius 2 is 1.85 bits per heavy atom. The molecular formula is C22H27NO4. The summed E-state index contributed by atoms with van der Waals surface area (Å²) < 4.78 is 11.0. The van der Waals surface area contributed by atoms with Gasteiger partial charge in [-0.1, -0.05) is 26.0 Å². The molecule has 27 heavy (non-hydrogen) atoms. The molecule has 0 aliphatic carbocycles. The molecule has 5 heteroatoms. The highest BCUT2D eigenvalue weighted by atomic mass is 16.5. The summed E-state index contributed by atoms with van der Waals surface area (Å²) in [6, 6.07) is 13.0. The molecule has 0 saturated heterocycles. The first-order valence-corrected chi connectivity index (χ1v) is 9.12. The average Bonchev–Trinajstić information content (AvgIpc) is 2.65. The quantitative estimate of drug-likeness (QED) is 0.508. The van der Waals surface area contributed by atoms with Crippen LogP contribution in [0.1, 0.15) is 55.5 Å². The van der Waals surface area contributed by atoms with Crippen molar-refractivity contribution in [3.63, 3.8) is 0 Å². The molecule has 0 heterocycles. The van der Waals surface area contributed by atoms with Gasteiger partial charge in [0, 0.05) is 17.7 Å². The van der Waals surface area contributed by atoms with Gasteiger partial charge in [0.2, 0.25) is 5.91 Å². The molecule has 0 spiro atoms. The minimum atomic E-state index is -0.0431. The molecule has 1 amide bonds. The van der Waals surface area contributed by atoms with Crippen LogP contribution in [-0.4, -0.2) is 25.4 Å². The zero-order valence-corrected chi connectivity index (χ0v) is 16.4. The third-order valence-electron chi connectivity index (χ3n) is 4.21. The Hall–Kier alpha value is -2.82. The molecular weight excluding hydrogens is 342 g/mol. The van der Waals surface area contributed by atoms with Crippen LogP contribution in [0.15, 0.2) is 42.5 Å². The summed E-state index contributed by atoms with van der Waals surface area (Å²) >= 11 is 0. The predicted octanol–water partition coefficient (Wildman–Crippen LogP) is 4.82. The van der Waals surface area contributed by atoms with Crippen LogP contribution in [0.5, 0.6) is 11.5 Å². The molecule has 0 bridgehead atoms. The van der Waals surface area contributed by atoms with Crippen molar-refractivity contribution in [3.05, 3.63) is 53.6 Å². The molecule has 0 aromatic heterocycles. The first-order valence-electron chi connectivity index (χ1n) is 9.12. The zero-order chi connectivity index (χ0) is 19.8. The van der Waals surface area contributed by atoms with Crippen LogP contribution in [0.4, 0.5) is 5.69 Å². The van der Waals surface area contributed by atoms with Gasteiger partial charge in [0.05, 0.1) is 13.7 Å². The van der Waals surface area contributed by atoms with E-state index in [0.29, 0.717) is 42.4 Å². The van der Waals surface area contributed by atoms with E-state index in [1.165, 1.54) is 19.6 Å². The van der Waals surface area contributed by atoms with E-state index in [1.54, 1.807) is 18.2 Å². The van der Waals surface area contributed by atoms with E-state index in [2.05, 4.69) is 25.2 Å². The zero-order valence-electron chi connectivity index (χ0n) is 16.4. The first kappa shape index (κ1) is 20.5. The number of carbonyl (C=O) groups is 2. The van der Waals surface area contributed by atoms with Crippen LogP contribution in [-0.2, 0) is 4.79 Å². The van der Waals surface area contributed by atoms with Crippen LogP contribution in [0.25, 0.3) is 0 Å². The maximum Gasteiger partial charge on any atom is 0.224 e. The van der Waals surface area contributed by atoms with E-state index in [4.69, 9.17) is 9.47 Å². The summed E-state index contributed by atoms with van der Waals surface area (Å²) in [5.74, 6) is 1.42. The third-order valence-corrected chi connectivity index (χ3v) is 4.21. The lowest BCUT2D eigenvalue weighted by Crippen LogP contribution is -2.13. The fourth-order valence-corrected chi connectivity index (χ4v) is 2.62. The lowest BCUT2D eigenvalue weighted by molar-refractivity contribution is -0.116. The number of nitrogens with one attached hydrogen (secondary N) is 1. The third kappa shape index (κ3) is 6.13. The Labute approximate surface area is 160 Å². The van der Waals surface area contributed by atoms with E-state index >= 15 is 0 Å². The first-order chi connectivity index (χ1) is 12.9. The number of ether oxygens (including phenoxy) is 2. The van der Waals surface area contributed by atoms with Gasteiger partial charge in [0.1, 0.15) is 0 Å². The van der Waals surface area contributed by atoms with Crippen molar-refractivity contribution in [3.8, 4) is 11.5 Å². The number of hydrogen-bond donors (Lipinski definition) is 1. The number of benzene rings is 2. The van der Waals surface area contributed by atoms with Gasteiger partial charge < -0.3 is 14.8 Å². The van der Waals surface area contributed by atoms with Crippen molar-refractivity contribution in [2.75, 3.05) is 19.0 Å². The second-order valence-electron chi connectivity index (χ2n) is 6.70. The summed E-state index contributed by atoms with van der Waals surface area (Å²) in [5, 5.41) is 2.92. The van der Waals surface area contributed by atoms with Crippen molar-refractivity contribution in [2.24, 2.45) is 0 Å². The van der Waals surface area contributed by atoms with Crippen LogP contribution < -0.4 is 14.8 Å². The Balaban J connectivity index is 1.82. The highest BCUT2D eigenvalue weighted by Crippen LogP contribution is 2.28. The van der Waals surface area contributed by atoms with Crippen LogP contribution in [0.2, 0.25) is 0 Å². The number of hydrogen-bond acceptors (Lipinski definition) is 4. The number of carbonyl (C=O) groups excluding carboxylic acids is 2. The maximum atomic E-state index is 12.1. The van der Waals surface area contributed by atoms with E-state index in [0.717, 1.165) is 5.69 Å². The molecule has 1 N–H and O–H groups in total. The molecule has 0 fully saturated rings. The highest BCUT2D eigenvalue weighted by molar-refractivity contribution is 5.94. The number of Topliss-reactive ketones (excluding diaryl/α,β-unsaturated/α-hetero) is 1. The van der Waals surface area contributed by atoms with Gasteiger partial charge in [-0.3, -0.25) is 9.59 Å². The number of ketones is 1. The van der Waals surface area contributed by atoms with Gasteiger partial charge in [-0.25, -0.2) is 0 Å². The number of anilines is 1. The normalized spacial score (nSPS) is 10.6. The highest BCUT2D eigenvalue weighted by Gasteiger charge is 2.09. The predicted molar refractivity (Wildman–Crippen MR) is 107 cm³/mol. The summed E-state index contributed by atoms with van der Waals surface area (Å²) in [4.78, 5) is 23.5. The SMILES string of the molecule is COc1cc(C(C)=O)ccc1OCCCC(=O)Nc1cccc(C(C)C)c1. The smallest absolute Gasteiger partial charge is 0.224 e. The molecule has 0 unspecified atom stereocenters. The van der Waals surface area contributed by atoms with Gasteiger partial charge in [-0.2, -0.15) is 0 Å². The molecule has 0 atom stereocenters. The molecule has 0 aliphatic heterocycles. The molecule has 0 saturated carbocycles. The Morgan fingerprint density at radius 1 is 1.07 bits per heavy atom. The number of rotatable bonds is 9. The maximum absolute atomic E-state index is 12.1. The summed E-state index contributed by atoms with van der Waals surface area (Å²) in [6.07, 6.45) is 0.938. The van der Waals surface area contributed by atoms with E-state index in [9.17, 15) is 9.59 Å². The van der Waals surface area contributed by atoms with Gasteiger partial charge in [0.25, 0.3) is 0 Å². The Bertz CT molecular complexity index is 799. The molecule has 2 aromatic carbocycles. The van der Waals surface area contributed by atoms with Crippen molar-refractivity contribution in [1.82, 2.24) is 0 Å². The number of amides is 1. The van der Waals surface area contributed by atoms with Gasteiger partial charge >= 0.3 is 0 Å². The lowest BCUT2D eigenvalue weighted by atomic mass is 10.0. The minimum absolute atomic E-state index is 0.0296. The molecule has 2 rings (SSSR count). The second kappa shape index (κ2) is 9.76. The Kier molecular flexibility index (Phi) is 7.41. The van der Waals surface area contributed by atoms with E-state index in [1.807, 2.05) is 18.2 Å². The van der Waals surface area contributed by atoms with Gasteiger partial charge in [-0.05, 0) is 55.2 Å². The standard InChI is InChI=1S/C22H27NO4/c1-15(2)17-7-5-8-19(13-17)23-22(25)9-6-12-27-20-11-10-18(16(3)24)14-21(20)26-4/h5,7-8,10-11,13-15H,6,9,12H2,1-4H3,(H,23,25). The summed E-state index contributed by atoms with van der Waals surface area (Å²) in [6.45, 7) is 6.13. The fraction of sp³-hybridized carbons (Fsp3) is 0.364. The molecule has 144 valence electrons. The molecule has 2 aromatic rings. The van der Waals surface area contributed by atoms with Crippen molar-refractivity contribution >= 4 is 17.4 Å². The van der Waals surface area contributed by atoms with Crippen molar-refractivity contribution in [1.29, 1.82) is 0 Å². The number of methoxy groups -OCH3 is 1. The molecule has 5 nitrogen and oxygen atoms in total. The van der Waals surface area contributed by atoms with Crippen molar-refractivity contribution < 1.29 is 19.1 Å². The van der Waals surface area contributed by atoms with E-state index in [-0.39, 0.29) is 11.7 Å².